The lowest BCUT2D eigenvalue weighted by atomic mass is 10.1. The highest BCUT2D eigenvalue weighted by Gasteiger charge is 2.26. The van der Waals surface area contributed by atoms with Gasteiger partial charge in [0.2, 0.25) is 15.8 Å². The molecule has 2 aromatic rings. The Labute approximate surface area is 182 Å². The highest BCUT2D eigenvalue weighted by Crippen LogP contribution is 2.26. The molecule has 0 saturated heterocycles. The molecule has 0 saturated carbocycles. The van der Waals surface area contributed by atoms with Crippen molar-refractivity contribution in [1.29, 1.82) is 0 Å². The molecule has 31 heavy (non-hydrogen) atoms. The van der Waals surface area contributed by atoms with Crippen LogP contribution in [0.15, 0.2) is 47.4 Å². The molecule has 0 heterocycles. The number of ether oxygens (including phenoxy) is 3. The fourth-order valence-electron chi connectivity index (χ4n) is 3.00. The van der Waals surface area contributed by atoms with E-state index < -0.39 is 27.9 Å². The second-order valence-electron chi connectivity index (χ2n) is 6.60. The molecule has 0 aliphatic heterocycles. The van der Waals surface area contributed by atoms with Crippen molar-refractivity contribution in [2.24, 2.45) is 0 Å². The fraction of sp³-hybridized carbons (Fsp3) is 0.364. The zero-order chi connectivity index (χ0) is 23.2. The van der Waals surface area contributed by atoms with Crippen molar-refractivity contribution < 1.29 is 32.2 Å². The van der Waals surface area contributed by atoms with E-state index in [1.54, 1.807) is 26.0 Å². The monoisotopic (exact) mass is 449 g/mol. The number of nitrogens with zero attached hydrogens (tertiary/aromatic N) is 1. The second kappa shape index (κ2) is 10.4. The van der Waals surface area contributed by atoms with Gasteiger partial charge in [-0.1, -0.05) is 19.9 Å². The molecule has 0 N–H and O–H groups in total. The molecule has 0 spiro atoms. The maximum absolute atomic E-state index is 12.8. The van der Waals surface area contributed by atoms with Gasteiger partial charge in [0.15, 0.2) is 6.10 Å². The molecule has 168 valence electrons. The summed E-state index contributed by atoms with van der Waals surface area (Å²) >= 11 is 0. The van der Waals surface area contributed by atoms with Crippen LogP contribution in [0.25, 0.3) is 0 Å². The molecule has 2 rings (SSSR count). The molecule has 0 bridgehead atoms. The number of carbonyl (C=O) groups is 2. The number of Topliss-reactive ketones (excluding diaryl/α,β-unsaturated/α-hetero) is 1. The molecular weight excluding hydrogens is 422 g/mol. The van der Waals surface area contributed by atoms with Crippen LogP contribution in [0, 0.1) is 0 Å². The van der Waals surface area contributed by atoms with E-state index in [0.29, 0.717) is 24.6 Å². The summed E-state index contributed by atoms with van der Waals surface area (Å²) < 4.78 is 42.4. The van der Waals surface area contributed by atoms with Crippen molar-refractivity contribution in [3.05, 3.63) is 53.6 Å². The number of rotatable bonds is 10. The summed E-state index contributed by atoms with van der Waals surface area (Å²) in [5.74, 6) is -0.450. The smallest absolute Gasteiger partial charge is 0.338 e. The fourth-order valence-corrected chi connectivity index (χ4v) is 4.50. The van der Waals surface area contributed by atoms with Gasteiger partial charge in [-0.2, -0.15) is 4.31 Å². The molecule has 0 aromatic heterocycles. The minimum atomic E-state index is -3.73. The SMILES string of the molecule is CCN(CC)S(=O)(=O)c1cccc(C(=O)O[C@H](C)C(=O)c2ccc(OC)cc2OC)c1. The molecule has 0 amide bonds. The first-order chi connectivity index (χ1) is 14.7. The van der Waals surface area contributed by atoms with Gasteiger partial charge in [-0.05, 0) is 37.3 Å². The van der Waals surface area contributed by atoms with Gasteiger partial charge in [0.05, 0.1) is 30.2 Å². The van der Waals surface area contributed by atoms with E-state index in [-0.39, 0.29) is 16.0 Å². The Hall–Kier alpha value is -2.91. The van der Waals surface area contributed by atoms with Crippen LogP contribution in [-0.2, 0) is 14.8 Å². The summed E-state index contributed by atoms with van der Waals surface area (Å²) in [7, 11) is -0.814. The van der Waals surface area contributed by atoms with E-state index in [0.717, 1.165) is 0 Å². The minimum absolute atomic E-state index is 0.0125. The number of hydrogen-bond acceptors (Lipinski definition) is 7. The lowest BCUT2D eigenvalue weighted by Crippen LogP contribution is -2.30. The lowest BCUT2D eigenvalue weighted by Gasteiger charge is -2.19. The molecule has 8 nitrogen and oxygen atoms in total. The van der Waals surface area contributed by atoms with Crippen molar-refractivity contribution in [2.45, 2.75) is 31.8 Å². The van der Waals surface area contributed by atoms with Gasteiger partial charge in [0, 0.05) is 19.2 Å². The van der Waals surface area contributed by atoms with Crippen LogP contribution in [0.5, 0.6) is 11.5 Å². The van der Waals surface area contributed by atoms with Crippen molar-refractivity contribution in [2.75, 3.05) is 27.3 Å². The Morgan fingerprint density at radius 2 is 1.68 bits per heavy atom. The number of sulfonamides is 1. The Morgan fingerprint density at radius 1 is 1.00 bits per heavy atom. The minimum Gasteiger partial charge on any atom is -0.497 e. The van der Waals surface area contributed by atoms with E-state index in [4.69, 9.17) is 14.2 Å². The quantitative estimate of drug-likeness (QED) is 0.406. The molecule has 0 aliphatic rings. The largest absolute Gasteiger partial charge is 0.497 e. The number of methoxy groups -OCH3 is 2. The number of ketones is 1. The van der Waals surface area contributed by atoms with E-state index in [1.165, 1.54) is 55.8 Å². The van der Waals surface area contributed by atoms with Crippen LogP contribution in [-0.4, -0.2) is 57.9 Å². The maximum Gasteiger partial charge on any atom is 0.338 e. The summed E-state index contributed by atoms with van der Waals surface area (Å²) in [6.07, 6.45) is -1.11. The second-order valence-corrected chi connectivity index (χ2v) is 8.53. The predicted octanol–water partition coefficient (Wildman–Crippen LogP) is 3.16. The summed E-state index contributed by atoms with van der Waals surface area (Å²) in [4.78, 5) is 25.4. The van der Waals surface area contributed by atoms with Gasteiger partial charge < -0.3 is 14.2 Å². The highest BCUT2D eigenvalue weighted by atomic mass is 32.2. The Kier molecular flexibility index (Phi) is 8.18. The van der Waals surface area contributed by atoms with E-state index in [2.05, 4.69) is 0 Å². The normalized spacial score (nSPS) is 12.3. The van der Waals surface area contributed by atoms with Crippen LogP contribution in [0.2, 0.25) is 0 Å². The highest BCUT2D eigenvalue weighted by molar-refractivity contribution is 7.89. The third-order valence-electron chi connectivity index (χ3n) is 4.74. The molecule has 9 heteroatoms. The summed E-state index contributed by atoms with van der Waals surface area (Å²) in [5.41, 5.74) is 0.274. The molecule has 0 radical (unpaired) electrons. The Morgan fingerprint density at radius 3 is 2.26 bits per heavy atom. The molecule has 0 aliphatic carbocycles. The summed E-state index contributed by atoms with van der Waals surface area (Å²) in [5, 5.41) is 0. The lowest BCUT2D eigenvalue weighted by molar-refractivity contribution is 0.0317. The molecule has 1 atom stereocenters. The first-order valence-electron chi connectivity index (χ1n) is 9.76. The average Bonchev–Trinajstić information content (AvgIpc) is 2.78. The van der Waals surface area contributed by atoms with Crippen molar-refractivity contribution >= 4 is 21.8 Å². The van der Waals surface area contributed by atoms with Crippen LogP contribution in [0.4, 0.5) is 0 Å². The topological polar surface area (TPSA) is 99.2 Å². The molecular formula is C22H27NO7S. The molecule has 0 unspecified atom stereocenters. The van der Waals surface area contributed by atoms with Crippen LogP contribution in [0.1, 0.15) is 41.5 Å². The van der Waals surface area contributed by atoms with Gasteiger partial charge in [-0.15, -0.1) is 0 Å². The van der Waals surface area contributed by atoms with E-state index in [1.807, 2.05) is 0 Å². The number of benzene rings is 2. The predicted molar refractivity (Wildman–Crippen MR) is 115 cm³/mol. The van der Waals surface area contributed by atoms with Crippen molar-refractivity contribution in [3.63, 3.8) is 0 Å². The zero-order valence-corrected chi connectivity index (χ0v) is 19.1. The standard InChI is InChI=1S/C22H27NO7S/c1-6-23(7-2)31(26,27)18-10-8-9-16(13-18)22(25)30-15(3)21(24)19-12-11-17(28-4)14-20(19)29-5/h8-15H,6-7H2,1-5H3/t15-/m1/s1. The van der Waals surface area contributed by atoms with E-state index in [9.17, 15) is 18.0 Å². The maximum atomic E-state index is 12.8. The Balaban J connectivity index is 2.23. The number of esters is 1. The molecule has 2 aromatic carbocycles. The zero-order valence-electron chi connectivity index (χ0n) is 18.2. The first-order valence-corrected chi connectivity index (χ1v) is 11.2. The number of hydrogen-bond donors (Lipinski definition) is 0. The summed E-state index contributed by atoms with van der Waals surface area (Å²) in [6, 6.07) is 10.3. The van der Waals surface area contributed by atoms with Gasteiger partial charge in [-0.25, -0.2) is 13.2 Å². The number of carbonyl (C=O) groups excluding carboxylic acids is 2. The Bertz CT molecular complexity index is 1050. The van der Waals surface area contributed by atoms with Gasteiger partial charge in [0.1, 0.15) is 11.5 Å². The average molecular weight is 450 g/mol. The van der Waals surface area contributed by atoms with Crippen LogP contribution >= 0.6 is 0 Å². The summed E-state index contributed by atoms with van der Waals surface area (Å²) in [6.45, 7) is 5.53. The van der Waals surface area contributed by atoms with Crippen LogP contribution in [0.3, 0.4) is 0 Å². The van der Waals surface area contributed by atoms with Gasteiger partial charge in [0.25, 0.3) is 0 Å². The van der Waals surface area contributed by atoms with Crippen molar-refractivity contribution in [3.8, 4) is 11.5 Å². The third kappa shape index (κ3) is 5.42. The van der Waals surface area contributed by atoms with Gasteiger partial charge >= 0.3 is 5.97 Å². The van der Waals surface area contributed by atoms with E-state index >= 15 is 0 Å². The molecule has 0 fully saturated rings. The van der Waals surface area contributed by atoms with Gasteiger partial charge in [-0.3, -0.25) is 4.79 Å². The van der Waals surface area contributed by atoms with Crippen molar-refractivity contribution in [1.82, 2.24) is 4.31 Å². The van der Waals surface area contributed by atoms with Crippen LogP contribution < -0.4 is 9.47 Å². The first kappa shape index (κ1) is 24.4. The third-order valence-corrected chi connectivity index (χ3v) is 6.79.